The first-order chi connectivity index (χ1) is 14.1. The molecule has 3 aromatic rings. The molecular weight excluding hydrogens is 402 g/mol. The Labute approximate surface area is 168 Å². The summed E-state index contributed by atoms with van der Waals surface area (Å²) in [6.45, 7) is 1.64. The number of alkyl halides is 3. The number of benzene rings is 2. The molecule has 0 aliphatic carbocycles. The molecule has 0 saturated heterocycles. The molecule has 1 aromatic heterocycles. The van der Waals surface area contributed by atoms with Gasteiger partial charge in [-0.3, -0.25) is 9.59 Å². The minimum Gasteiger partial charge on any atom is -0.322 e. The number of nitrogens with one attached hydrogen (secondary N) is 2. The zero-order chi connectivity index (χ0) is 21.9. The lowest BCUT2D eigenvalue weighted by molar-refractivity contribution is -0.136. The number of amides is 2. The molecule has 9 heteroatoms. The largest absolute Gasteiger partial charge is 0.418 e. The number of rotatable bonds is 4. The van der Waals surface area contributed by atoms with Crippen molar-refractivity contribution in [1.82, 2.24) is 4.98 Å². The first kappa shape index (κ1) is 21.0. The topological polar surface area (TPSA) is 71.1 Å². The lowest BCUT2D eigenvalue weighted by Gasteiger charge is -2.16. The first-order valence-corrected chi connectivity index (χ1v) is 8.67. The van der Waals surface area contributed by atoms with Gasteiger partial charge >= 0.3 is 6.18 Å². The fourth-order valence-corrected chi connectivity index (χ4v) is 2.67. The van der Waals surface area contributed by atoms with Crippen LogP contribution in [0.3, 0.4) is 0 Å². The van der Waals surface area contributed by atoms with Crippen molar-refractivity contribution in [2.75, 3.05) is 10.6 Å². The summed E-state index contributed by atoms with van der Waals surface area (Å²) in [5, 5.41) is 4.42. The van der Waals surface area contributed by atoms with Gasteiger partial charge in [0, 0.05) is 11.4 Å². The lowest BCUT2D eigenvalue weighted by atomic mass is 10.1. The summed E-state index contributed by atoms with van der Waals surface area (Å²) in [5.41, 5.74) is -1.70. The van der Waals surface area contributed by atoms with Gasteiger partial charge in [0.2, 0.25) is 0 Å². The van der Waals surface area contributed by atoms with Gasteiger partial charge in [-0.2, -0.15) is 13.2 Å². The van der Waals surface area contributed by atoms with E-state index in [-0.39, 0.29) is 16.9 Å². The van der Waals surface area contributed by atoms with Crippen LogP contribution in [-0.4, -0.2) is 16.8 Å². The molecule has 0 atom stereocenters. The SMILES string of the molecule is Cc1cccc(C(=O)Nc2ccc(NC(=O)c3ccccc3F)cc2C(F)(F)F)n1. The summed E-state index contributed by atoms with van der Waals surface area (Å²) in [5.74, 6) is -2.52. The van der Waals surface area contributed by atoms with E-state index in [1.54, 1.807) is 19.1 Å². The van der Waals surface area contributed by atoms with Crippen molar-refractivity contribution in [2.45, 2.75) is 13.1 Å². The average molecular weight is 417 g/mol. The van der Waals surface area contributed by atoms with Crippen LogP contribution in [0.2, 0.25) is 0 Å². The highest BCUT2D eigenvalue weighted by molar-refractivity contribution is 6.05. The van der Waals surface area contributed by atoms with E-state index in [9.17, 15) is 27.2 Å². The molecule has 0 unspecified atom stereocenters. The number of aromatic nitrogens is 1. The highest BCUT2D eigenvalue weighted by Gasteiger charge is 2.34. The van der Waals surface area contributed by atoms with E-state index in [1.165, 1.54) is 30.3 Å². The number of aryl methyl sites for hydroxylation is 1. The van der Waals surface area contributed by atoms with Crippen molar-refractivity contribution in [3.05, 3.63) is 89.0 Å². The molecular formula is C21H15F4N3O2. The van der Waals surface area contributed by atoms with Gasteiger partial charge in [0.1, 0.15) is 11.5 Å². The van der Waals surface area contributed by atoms with Crippen molar-refractivity contribution in [3.63, 3.8) is 0 Å². The van der Waals surface area contributed by atoms with Gasteiger partial charge in [0.15, 0.2) is 0 Å². The van der Waals surface area contributed by atoms with E-state index in [4.69, 9.17) is 0 Å². The van der Waals surface area contributed by atoms with Crippen molar-refractivity contribution in [1.29, 1.82) is 0 Å². The highest BCUT2D eigenvalue weighted by Crippen LogP contribution is 2.37. The number of anilines is 2. The molecule has 30 heavy (non-hydrogen) atoms. The molecule has 0 spiro atoms. The molecule has 0 radical (unpaired) electrons. The maximum Gasteiger partial charge on any atom is 0.418 e. The molecule has 0 aliphatic heterocycles. The summed E-state index contributed by atoms with van der Waals surface area (Å²) < 4.78 is 54.3. The van der Waals surface area contributed by atoms with E-state index in [2.05, 4.69) is 15.6 Å². The van der Waals surface area contributed by atoms with Crippen LogP contribution in [0.1, 0.15) is 32.1 Å². The molecule has 2 aromatic carbocycles. The predicted octanol–water partition coefficient (Wildman–Crippen LogP) is 5.05. The fourth-order valence-electron chi connectivity index (χ4n) is 2.67. The van der Waals surface area contributed by atoms with Gasteiger partial charge in [-0.1, -0.05) is 18.2 Å². The summed E-state index contributed by atoms with van der Waals surface area (Å²) in [6, 6.07) is 12.5. The molecule has 0 saturated carbocycles. The molecule has 0 aliphatic rings. The molecule has 1 heterocycles. The van der Waals surface area contributed by atoms with Crippen LogP contribution in [0.4, 0.5) is 28.9 Å². The number of hydrogen-bond acceptors (Lipinski definition) is 3. The first-order valence-electron chi connectivity index (χ1n) is 8.67. The molecule has 0 fully saturated rings. The van der Waals surface area contributed by atoms with Crippen LogP contribution in [0.25, 0.3) is 0 Å². The minimum absolute atomic E-state index is 0.0416. The van der Waals surface area contributed by atoms with Crippen molar-refractivity contribution in [3.8, 4) is 0 Å². The second kappa shape index (κ2) is 8.32. The zero-order valence-electron chi connectivity index (χ0n) is 15.5. The molecule has 5 nitrogen and oxygen atoms in total. The second-order valence-electron chi connectivity index (χ2n) is 6.31. The van der Waals surface area contributed by atoms with E-state index < -0.39 is 35.1 Å². The van der Waals surface area contributed by atoms with Gasteiger partial charge in [0.25, 0.3) is 11.8 Å². The smallest absolute Gasteiger partial charge is 0.322 e. The Morgan fingerprint density at radius 3 is 2.30 bits per heavy atom. The molecule has 3 rings (SSSR count). The number of carbonyl (C=O) groups excluding carboxylic acids is 2. The van der Waals surface area contributed by atoms with Crippen molar-refractivity contribution >= 4 is 23.2 Å². The Kier molecular flexibility index (Phi) is 5.81. The number of pyridine rings is 1. The highest BCUT2D eigenvalue weighted by atomic mass is 19.4. The third-order valence-electron chi connectivity index (χ3n) is 4.07. The summed E-state index contributed by atoms with van der Waals surface area (Å²) >= 11 is 0. The second-order valence-corrected chi connectivity index (χ2v) is 6.31. The Bertz CT molecular complexity index is 1110. The molecule has 2 amide bonds. The van der Waals surface area contributed by atoms with E-state index in [1.807, 2.05) is 0 Å². The summed E-state index contributed by atoms with van der Waals surface area (Å²) in [7, 11) is 0. The third-order valence-corrected chi connectivity index (χ3v) is 4.07. The van der Waals surface area contributed by atoms with Crippen LogP contribution in [0.15, 0.2) is 60.7 Å². The van der Waals surface area contributed by atoms with Crippen LogP contribution < -0.4 is 10.6 Å². The van der Waals surface area contributed by atoms with E-state index in [0.717, 1.165) is 12.1 Å². The molecule has 2 N–H and O–H groups in total. The van der Waals surface area contributed by atoms with Gasteiger partial charge in [-0.15, -0.1) is 0 Å². The Balaban J connectivity index is 1.88. The van der Waals surface area contributed by atoms with Crippen LogP contribution in [0, 0.1) is 12.7 Å². The van der Waals surface area contributed by atoms with Crippen LogP contribution in [0.5, 0.6) is 0 Å². The van der Waals surface area contributed by atoms with Crippen LogP contribution >= 0.6 is 0 Å². The van der Waals surface area contributed by atoms with Gasteiger partial charge in [0.05, 0.1) is 16.8 Å². The predicted molar refractivity (Wildman–Crippen MR) is 103 cm³/mol. The van der Waals surface area contributed by atoms with E-state index in [0.29, 0.717) is 11.8 Å². The fraction of sp³-hybridized carbons (Fsp3) is 0.0952. The zero-order valence-corrected chi connectivity index (χ0v) is 15.5. The molecule has 0 bridgehead atoms. The molecule has 154 valence electrons. The van der Waals surface area contributed by atoms with Gasteiger partial charge < -0.3 is 10.6 Å². The van der Waals surface area contributed by atoms with Crippen molar-refractivity contribution < 1.29 is 27.2 Å². The lowest BCUT2D eigenvalue weighted by Crippen LogP contribution is -2.19. The summed E-state index contributed by atoms with van der Waals surface area (Å²) in [6.07, 6.45) is -4.82. The monoisotopic (exact) mass is 417 g/mol. The number of carbonyl (C=O) groups is 2. The standard InChI is InChI=1S/C21H15F4N3O2/c1-12-5-4-8-18(26-12)20(30)28-17-10-9-13(11-15(17)21(23,24)25)27-19(29)14-6-2-3-7-16(14)22/h2-11H,1H3,(H,27,29)(H,28,30). The average Bonchev–Trinajstić information content (AvgIpc) is 2.68. The maximum atomic E-state index is 13.7. The Morgan fingerprint density at radius 1 is 0.900 bits per heavy atom. The Morgan fingerprint density at radius 2 is 1.63 bits per heavy atom. The van der Waals surface area contributed by atoms with Crippen molar-refractivity contribution in [2.24, 2.45) is 0 Å². The van der Waals surface area contributed by atoms with Crippen LogP contribution in [-0.2, 0) is 6.18 Å². The number of hydrogen-bond donors (Lipinski definition) is 2. The normalized spacial score (nSPS) is 11.1. The number of halogens is 4. The third kappa shape index (κ3) is 4.80. The van der Waals surface area contributed by atoms with E-state index >= 15 is 0 Å². The number of nitrogens with zero attached hydrogens (tertiary/aromatic N) is 1. The van der Waals surface area contributed by atoms with Gasteiger partial charge in [-0.25, -0.2) is 9.37 Å². The van der Waals surface area contributed by atoms with Gasteiger partial charge in [-0.05, 0) is 49.4 Å². The maximum absolute atomic E-state index is 13.7. The quantitative estimate of drug-likeness (QED) is 0.584. The minimum atomic E-state index is -4.82. The Hall–Kier alpha value is -3.75. The summed E-state index contributed by atoms with van der Waals surface area (Å²) in [4.78, 5) is 28.4.